The second kappa shape index (κ2) is 7.76. The highest BCUT2D eigenvalue weighted by Gasteiger charge is 2.22. The van der Waals surface area contributed by atoms with Crippen LogP contribution in [0.15, 0.2) is 77.1 Å². The lowest BCUT2D eigenvalue weighted by Gasteiger charge is -2.35. The largest absolute Gasteiger partial charge is 0.365 e. The molecule has 30 heavy (non-hydrogen) atoms. The average Bonchev–Trinajstić information content (AvgIpc) is 3.45. The van der Waals surface area contributed by atoms with E-state index in [4.69, 9.17) is 0 Å². The number of H-pyrrole nitrogens is 1. The third kappa shape index (κ3) is 3.48. The number of anilines is 1. The standard InChI is InChI=1S/C23H22N6S/c1-15(17-4-3-5-18(12-17)20-8-11-26-28-20)27-23-9-10-24-16(2)29(23)19-6-7-21-22(13-19)30-14-25-21/h3-16,27H,1-2H3,(H,26,28)/t15-,16?/m0/s1. The number of hydrogen-bond donors (Lipinski definition) is 2. The average molecular weight is 415 g/mol. The third-order valence-electron chi connectivity index (χ3n) is 5.32. The summed E-state index contributed by atoms with van der Waals surface area (Å²) in [6.07, 6.45) is 5.69. The van der Waals surface area contributed by atoms with Crippen molar-refractivity contribution >= 4 is 33.5 Å². The molecule has 0 fully saturated rings. The Morgan fingerprint density at radius 1 is 1.17 bits per heavy atom. The number of fused-ring (bicyclic) bond motifs is 1. The van der Waals surface area contributed by atoms with Crippen LogP contribution in [0.5, 0.6) is 0 Å². The molecule has 0 bridgehead atoms. The first kappa shape index (κ1) is 18.6. The van der Waals surface area contributed by atoms with Gasteiger partial charge in [0.2, 0.25) is 0 Å². The number of aliphatic imine (C=N–C) groups is 1. The zero-order valence-corrected chi connectivity index (χ0v) is 17.6. The van der Waals surface area contributed by atoms with E-state index in [0.717, 1.165) is 28.3 Å². The number of nitrogens with zero attached hydrogens (tertiary/aromatic N) is 4. The summed E-state index contributed by atoms with van der Waals surface area (Å²) in [6, 6.07) is 17.0. The second-order valence-corrected chi connectivity index (χ2v) is 8.20. The molecule has 1 aliphatic heterocycles. The minimum Gasteiger partial charge on any atom is -0.365 e. The molecular weight excluding hydrogens is 392 g/mol. The first-order chi connectivity index (χ1) is 14.7. The minimum absolute atomic E-state index is 0.00592. The van der Waals surface area contributed by atoms with Gasteiger partial charge in [-0.3, -0.25) is 10.1 Å². The van der Waals surface area contributed by atoms with Crippen LogP contribution in [0.25, 0.3) is 21.5 Å². The molecule has 0 saturated carbocycles. The van der Waals surface area contributed by atoms with E-state index in [-0.39, 0.29) is 12.2 Å². The monoisotopic (exact) mass is 414 g/mol. The summed E-state index contributed by atoms with van der Waals surface area (Å²) in [5.74, 6) is 1.03. The summed E-state index contributed by atoms with van der Waals surface area (Å²) in [6.45, 7) is 4.28. The summed E-state index contributed by atoms with van der Waals surface area (Å²) in [7, 11) is 0. The zero-order valence-electron chi connectivity index (χ0n) is 16.8. The molecule has 150 valence electrons. The van der Waals surface area contributed by atoms with Gasteiger partial charge in [-0.25, -0.2) is 4.98 Å². The molecule has 0 amide bonds. The van der Waals surface area contributed by atoms with Crippen molar-refractivity contribution in [1.29, 1.82) is 0 Å². The summed E-state index contributed by atoms with van der Waals surface area (Å²) in [5.41, 5.74) is 7.36. The van der Waals surface area contributed by atoms with Crippen molar-refractivity contribution in [2.24, 2.45) is 4.99 Å². The quantitative estimate of drug-likeness (QED) is 0.476. The van der Waals surface area contributed by atoms with Crippen LogP contribution >= 0.6 is 11.3 Å². The molecule has 6 nitrogen and oxygen atoms in total. The molecule has 4 aromatic rings. The maximum Gasteiger partial charge on any atom is 0.124 e. The number of nitrogens with one attached hydrogen (secondary N) is 2. The van der Waals surface area contributed by atoms with Crippen molar-refractivity contribution in [1.82, 2.24) is 20.5 Å². The van der Waals surface area contributed by atoms with Gasteiger partial charge >= 0.3 is 0 Å². The van der Waals surface area contributed by atoms with Crippen LogP contribution in [0.1, 0.15) is 25.5 Å². The molecule has 2 N–H and O–H groups in total. The normalized spacial score (nSPS) is 17.2. The highest BCUT2D eigenvalue weighted by Crippen LogP contribution is 2.30. The lowest BCUT2D eigenvalue weighted by atomic mass is 10.0. The van der Waals surface area contributed by atoms with E-state index in [2.05, 4.69) is 86.7 Å². The van der Waals surface area contributed by atoms with Crippen molar-refractivity contribution in [3.63, 3.8) is 0 Å². The summed E-state index contributed by atoms with van der Waals surface area (Å²) < 4.78 is 1.17. The number of aromatic amines is 1. The van der Waals surface area contributed by atoms with Crippen LogP contribution in [0.3, 0.4) is 0 Å². The van der Waals surface area contributed by atoms with Gasteiger partial charge in [-0.05, 0) is 61.4 Å². The number of hydrogen-bond acceptors (Lipinski definition) is 6. The molecule has 2 aromatic carbocycles. The smallest absolute Gasteiger partial charge is 0.124 e. The Morgan fingerprint density at radius 3 is 2.97 bits per heavy atom. The highest BCUT2D eigenvalue weighted by atomic mass is 32.1. The van der Waals surface area contributed by atoms with Gasteiger partial charge in [0.05, 0.1) is 21.4 Å². The number of allylic oxidation sites excluding steroid dienone is 1. The maximum absolute atomic E-state index is 4.59. The van der Waals surface area contributed by atoms with Crippen LogP contribution in [0, 0.1) is 0 Å². The van der Waals surface area contributed by atoms with Crippen LogP contribution in [-0.2, 0) is 0 Å². The van der Waals surface area contributed by atoms with Gasteiger partial charge in [-0.2, -0.15) is 5.10 Å². The first-order valence-electron chi connectivity index (χ1n) is 9.91. The molecule has 3 heterocycles. The third-order valence-corrected chi connectivity index (χ3v) is 6.11. The molecule has 2 atom stereocenters. The van der Waals surface area contributed by atoms with Gasteiger partial charge in [0.15, 0.2) is 0 Å². The predicted octanol–water partition coefficient (Wildman–Crippen LogP) is 5.12. The summed E-state index contributed by atoms with van der Waals surface area (Å²) >= 11 is 1.65. The first-order valence-corrected chi connectivity index (χ1v) is 10.8. The van der Waals surface area contributed by atoms with Gasteiger partial charge < -0.3 is 10.2 Å². The molecule has 0 radical (unpaired) electrons. The van der Waals surface area contributed by atoms with Gasteiger partial charge in [0.1, 0.15) is 12.0 Å². The fourth-order valence-electron chi connectivity index (χ4n) is 3.75. The van der Waals surface area contributed by atoms with Gasteiger partial charge in [-0.15, -0.1) is 11.3 Å². The van der Waals surface area contributed by atoms with Crippen LogP contribution < -0.4 is 10.2 Å². The molecule has 2 aromatic heterocycles. The lowest BCUT2D eigenvalue weighted by molar-refractivity contribution is 0.593. The fraction of sp³-hybridized carbons (Fsp3) is 0.174. The van der Waals surface area contributed by atoms with E-state index in [1.165, 1.54) is 10.3 Å². The number of benzene rings is 2. The fourth-order valence-corrected chi connectivity index (χ4v) is 4.46. The van der Waals surface area contributed by atoms with Crippen LogP contribution in [0.4, 0.5) is 5.69 Å². The van der Waals surface area contributed by atoms with Gasteiger partial charge in [0, 0.05) is 24.1 Å². The number of aromatic nitrogens is 3. The molecule has 7 heteroatoms. The summed E-state index contributed by atoms with van der Waals surface area (Å²) in [4.78, 5) is 11.2. The Bertz CT molecular complexity index is 1220. The van der Waals surface area contributed by atoms with Crippen molar-refractivity contribution in [2.45, 2.75) is 26.1 Å². The SMILES string of the molecule is CC1N=CC=C(N[C@@H](C)c2cccc(-c3ccn[nH]3)c2)N1c1ccc2ncsc2c1. The molecule has 0 aliphatic carbocycles. The molecule has 1 aliphatic rings. The van der Waals surface area contributed by atoms with E-state index < -0.39 is 0 Å². The van der Waals surface area contributed by atoms with E-state index >= 15 is 0 Å². The lowest BCUT2D eigenvalue weighted by Crippen LogP contribution is -2.40. The van der Waals surface area contributed by atoms with Gasteiger partial charge in [-0.1, -0.05) is 18.2 Å². The number of thiazole rings is 1. The van der Waals surface area contributed by atoms with E-state index in [1.54, 1.807) is 17.5 Å². The molecular formula is C23H22N6S. The summed E-state index contributed by atoms with van der Waals surface area (Å²) in [5, 5.41) is 10.8. The zero-order chi connectivity index (χ0) is 20.5. The van der Waals surface area contributed by atoms with Crippen molar-refractivity contribution < 1.29 is 0 Å². The molecule has 5 rings (SSSR count). The second-order valence-electron chi connectivity index (χ2n) is 7.32. The molecule has 0 spiro atoms. The maximum atomic E-state index is 4.59. The Hall–Kier alpha value is -3.45. The predicted molar refractivity (Wildman–Crippen MR) is 124 cm³/mol. The number of rotatable bonds is 5. The van der Waals surface area contributed by atoms with Crippen molar-refractivity contribution in [3.8, 4) is 11.3 Å². The van der Waals surface area contributed by atoms with E-state index in [0.29, 0.717) is 0 Å². The van der Waals surface area contributed by atoms with E-state index in [9.17, 15) is 0 Å². The Morgan fingerprint density at radius 2 is 2.10 bits per heavy atom. The topological polar surface area (TPSA) is 69.2 Å². The van der Waals surface area contributed by atoms with Gasteiger partial charge in [0.25, 0.3) is 0 Å². The van der Waals surface area contributed by atoms with Crippen molar-refractivity contribution in [2.75, 3.05) is 4.90 Å². The van der Waals surface area contributed by atoms with Crippen LogP contribution in [0.2, 0.25) is 0 Å². The Labute approximate surface area is 179 Å². The van der Waals surface area contributed by atoms with Crippen LogP contribution in [-0.4, -0.2) is 27.6 Å². The van der Waals surface area contributed by atoms with E-state index in [1.807, 2.05) is 23.9 Å². The molecule has 1 unspecified atom stereocenters. The Balaban J connectivity index is 1.43. The minimum atomic E-state index is 0.00592. The highest BCUT2D eigenvalue weighted by molar-refractivity contribution is 7.16. The molecule has 0 saturated heterocycles. The van der Waals surface area contributed by atoms with Crippen molar-refractivity contribution in [3.05, 3.63) is 77.7 Å². The Kier molecular flexibility index (Phi) is 4.80.